The quantitative estimate of drug-likeness (QED) is 0.904. The van der Waals surface area contributed by atoms with E-state index in [0.717, 1.165) is 43.1 Å². The van der Waals surface area contributed by atoms with E-state index in [-0.39, 0.29) is 5.91 Å². The van der Waals surface area contributed by atoms with Crippen molar-refractivity contribution in [2.75, 3.05) is 20.1 Å². The number of aryl methyl sites for hydroxylation is 2. The molecule has 0 radical (unpaired) electrons. The van der Waals surface area contributed by atoms with Crippen molar-refractivity contribution in [2.45, 2.75) is 58.4 Å². The van der Waals surface area contributed by atoms with E-state index >= 15 is 0 Å². The van der Waals surface area contributed by atoms with Crippen molar-refractivity contribution in [3.63, 3.8) is 0 Å². The largest absolute Gasteiger partial charge is 0.359 e. The second-order valence-electron chi connectivity index (χ2n) is 6.41. The van der Waals surface area contributed by atoms with Crippen LogP contribution in [0.1, 0.15) is 56.2 Å². The molecule has 1 saturated heterocycles. The highest BCUT2D eigenvalue weighted by Gasteiger charge is 2.23. The number of rotatable bonds is 5. The second kappa shape index (κ2) is 7.68. The van der Waals surface area contributed by atoms with Crippen molar-refractivity contribution in [3.05, 3.63) is 23.3 Å². The lowest BCUT2D eigenvalue weighted by Gasteiger charge is -2.34. The fourth-order valence-corrected chi connectivity index (χ4v) is 3.07. The third-order valence-corrected chi connectivity index (χ3v) is 4.48. The van der Waals surface area contributed by atoms with E-state index in [2.05, 4.69) is 40.1 Å². The third-order valence-electron chi connectivity index (χ3n) is 4.48. The number of amides is 1. The van der Waals surface area contributed by atoms with Crippen LogP contribution < -0.4 is 5.32 Å². The van der Waals surface area contributed by atoms with Crippen molar-refractivity contribution in [1.82, 2.24) is 20.2 Å². The van der Waals surface area contributed by atoms with E-state index in [1.807, 2.05) is 6.92 Å². The Hall–Kier alpha value is -1.49. The van der Waals surface area contributed by atoms with Crippen LogP contribution in [0.5, 0.6) is 0 Å². The molecule has 122 valence electrons. The summed E-state index contributed by atoms with van der Waals surface area (Å²) in [5.74, 6) is 1.40. The van der Waals surface area contributed by atoms with Crippen molar-refractivity contribution in [3.8, 4) is 0 Å². The summed E-state index contributed by atoms with van der Waals surface area (Å²) in [6, 6.07) is 2.72. The molecule has 1 fully saturated rings. The van der Waals surface area contributed by atoms with Gasteiger partial charge in [-0.05, 0) is 59.2 Å². The Kier molecular flexibility index (Phi) is 5.89. The number of carbonyl (C=O) groups excluding carboxylic acids is 1. The molecule has 0 atom stereocenters. The Morgan fingerprint density at radius 3 is 2.64 bits per heavy atom. The summed E-state index contributed by atoms with van der Waals surface area (Å²) < 4.78 is 0. The van der Waals surface area contributed by atoms with Gasteiger partial charge in [-0.2, -0.15) is 0 Å². The van der Waals surface area contributed by atoms with Gasteiger partial charge in [0.25, 0.3) is 0 Å². The van der Waals surface area contributed by atoms with Crippen LogP contribution >= 0.6 is 0 Å². The first-order valence-electron chi connectivity index (χ1n) is 8.28. The van der Waals surface area contributed by atoms with Crippen LogP contribution in [0.25, 0.3) is 0 Å². The first kappa shape index (κ1) is 16.9. The molecule has 0 aromatic carbocycles. The van der Waals surface area contributed by atoms with E-state index in [9.17, 15) is 4.79 Å². The lowest BCUT2D eigenvalue weighted by atomic mass is 9.92. The first-order chi connectivity index (χ1) is 10.5. The molecule has 2 rings (SSSR count). The van der Waals surface area contributed by atoms with E-state index in [0.29, 0.717) is 24.8 Å². The van der Waals surface area contributed by atoms with Gasteiger partial charge in [0, 0.05) is 36.8 Å². The highest BCUT2D eigenvalue weighted by Crippen LogP contribution is 2.28. The molecule has 0 unspecified atom stereocenters. The van der Waals surface area contributed by atoms with Crippen LogP contribution in [0.15, 0.2) is 6.07 Å². The zero-order valence-corrected chi connectivity index (χ0v) is 14.2. The molecule has 1 N–H and O–H groups in total. The predicted molar refractivity (Wildman–Crippen MR) is 87.8 cm³/mol. The summed E-state index contributed by atoms with van der Waals surface area (Å²) in [7, 11) is 1.67. The topological polar surface area (TPSA) is 58.1 Å². The molecule has 0 saturated carbocycles. The van der Waals surface area contributed by atoms with Gasteiger partial charge in [-0.25, -0.2) is 9.97 Å². The van der Waals surface area contributed by atoms with Crippen LogP contribution in [-0.2, 0) is 11.2 Å². The number of aromatic nitrogens is 2. The molecule has 2 heterocycles. The Morgan fingerprint density at radius 2 is 2.05 bits per heavy atom. The molecule has 1 amide bonds. The molecule has 0 spiro atoms. The molecule has 5 heteroatoms. The van der Waals surface area contributed by atoms with Gasteiger partial charge >= 0.3 is 0 Å². The maximum absolute atomic E-state index is 11.4. The van der Waals surface area contributed by atoms with Crippen LogP contribution in [0.3, 0.4) is 0 Å². The lowest BCUT2D eigenvalue weighted by molar-refractivity contribution is -0.120. The minimum Gasteiger partial charge on any atom is -0.359 e. The second-order valence-corrected chi connectivity index (χ2v) is 6.41. The van der Waals surface area contributed by atoms with Gasteiger partial charge in [0.15, 0.2) is 0 Å². The number of nitrogens with zero attached hydrogens (tertiary/aromatic N) is 3. The molecule has 0 bridgehead atoms. The maximum atomic E-state index is 11.4. The Labute approximate surface area is 133 Å². The monoisotopic (exact) mass is 304 g/mol. The zero-order chi connectivity index (χ0) is 16.1. The van der Waals surface area contributed by atoms with Crippen molar-refractivity contribution >= 4 is 5.91 Å². The minimum absolute atomic E-state index is 0.0584. The third kappa shape index (κ3) is 4.50. The van der Waals surface area contributed by atoms with Crippen LogP contribution in [0, 0.1) is 6.92 Å². The average Bonchev–Trinajstić information content (AvgIpc) is 2.52. The van der Waals surface area contributed by atoms with Gasteiger partial charge < -0.3 is 10.2 Å². The molecule has 5 nitrogen and oxygen atoms in total. The lowest BCUT2D eigenvalue weighted by Crippen LogP contribution is -2.38. The minimum atomic E-state index is 0.0584. The molecule has 22 heavy (non-hydrogen) atoms. The summed E-state index contributed by atoms with van der Waals surface area (Å²) in [5.41, 5.74) is 2.14. The number of hydrogen-bond acceptors (Lipinski definition) is 4. The van der Waals surface area contributed by atoms with Crippen LogP contribution in [0.4, 0.5) is 0 Å². The van der Waals surface area contributed by atoms with Gasteiger partial charge in [-0.3, -0.25) is 4.79 Å². The van der Waals surface area contributed by atoms with Crippen LogP contribution in [-0.4, -0.2) is 47.0 Å². The SMILES string of the molecule is CNC(=O)CCc1cc(C2CCN(C(C)C)CC2)nc(C)n1. The summed E-state index contributed by atoms with van der Waals surface area (Å²) in [6.07, 6.45) is 3.48. The van der Waals surface area contributed by atoms with Crippen molar-refractivity contribution in [1.29, 1.82) is 0 Å². The normalized spacial score (nSPS) is 17.0. The Bertz CT molecular complexity index is 507. The molecule has 1 aliphatic rings. The summed E-state index contributed by atoms with van der Waals surface area (Å²) >= 11 is 0. The van der Waals surface area contributed by atoms with E-state index in [1.165, 1.54) is 0 Å². The summed E-state index contributed by atoms with van der Waals surface area (Å²) in [5, 5.41) is 2.66. The van der Waals surface area contributed by atoms with Gasteiger partial charge in [-0.15, -0.1) is 0 Å². The van der Waals surface area contributed by atoms with E-state index in [1.54, 1.807) is 7.05 Å². The van der Waals surface area contributed by atoms with E-state index < -0.39 is 0 Å². The molecular formula is C17H28N4O. The highest BCUT2D eigenvalue weighted by atomic mass is 16.1. The molecule has 0 aliphatic carbocycles. The number of hydrogen-bond donors (Lipinski definition) is 1. The van der Waals surface area contributed by atoms with E-state index in [4.69, 9.17) is 0 Å². The van der Waals surface area contributed by atoms with Crippen LogP contribution in [0.2, 0.25) is 0 Å². The van der Waals surface area contributed by atoms with Gasteiger partial charge in [-0.1, -0.05) is 0 Å². The Morgan fingerprint density at radius 1 is 1.36 bits per heavy atom. The molecule has 1 aromatic heterocycles. The standard InChI is InChI=1S/C17H28N4O/c1-12(2)21-9-7-14(8-10-21)16-11-15(19-13(3)20-16)5-6-17(22)18-4/h11-12,14H,5-10H2,1-4H3,(H,18,22). The van der Waals surface area contributed by atoms with Crippen molar-refractivity contribution in [2.24, 2.45) is 0 Å². The molecular weight excluding hydrogens is 276 g/mol. The zero-order valence-electron chi connectivity index (χ0n) is 14.2. The average molecular weight is 304 g/mol. The summed E-state index contributed by atoms with van der Waals surface area (Å²) in [4.78, 5) is 23.0. The van der Waals surface area contributed by atoms with Gasteiger partial charge in [0.2, 0.25) is 5.91 Å². The Balaban J connectivity index is 2.02. The van der Waals surface area contributed by atoms with Gasteiger partial charge in [0.05, 0.1) is 0 Å². The fourth-order valence-electron chi connectivity index (χ4n) is 3.07. The number of likely N-dealkylation sites (tertiary alicyclic amines) is 1. The summed E-state index contributed by atoms with van der Waals surface area (Å²) in [6.45, 7) is 8.73. The molecule has 1 aliphatic heterocycles. The molecule has 1 aromatic rings. The number of nitrogens with one attached hydrogen (secondary N) is 1. The number of carbonyl (C=O) groups is 1. The smallest absolute Gasteiger partial charge is 0.220 e. The predicted octanol–water partition coefficient (Wildman–Crippen LogP) is 2.05. The first-order valence-corrected chi connectivity index (χ1v) is 8.28. The maximum Gasteiger partial charge on any atom is 0.220 e. The van der Waals surface area contributed by atoms with Gasteiger partial charge in [0.1, 0.15) is 5.82 Å². The van der Waals surface area contributed by atoms with Crippen molar-refractivity contribution < 1.29 is 4.79 Å². The highest BCUT2D eigenvalue weighted by molar-refractivity contribution is 5.75. The fraction of sp³-hybridized carbons (Fsp3) is 0.706. The number of piperidine rings is 1.